The topological polar surface area (TPSA) is 36.0 Å². The molecular formula is C30H41N3O2. The Morgan fingerprint density at radius 2 is 1.57 bits per heavy atom. The maximum atomic E-state index is 14.0. The number of hydrogen-bond donors (Lipinski definition) is 0. The van der Waals surface area contributed by atoms with Gasteiger partial charge in [-0.2, -0.15) is 0 Å². The fourth-order valence-corrected chi connectivity index (χ4v) is 6.93. The van der Waals surface area contributed by atoms with Gasteiger partial charge < -0.3 is 9.64 Å². The van der Waals surface area contributed by atoms with E-state index in [1.54, 1.807) is 0 Å². The van der Waals surface area contributed by atoms with Crippen LogP contribution in [0.3, 0.4) is 0 Å². The van der Waals surface area contributed by atoms with Gasteiger partial charge in [-0.3, -0.25) is 9.80 Å². The quantitative estimate of drug-likeness (QED) is 0.495. The number of aryl methyl sites for hydroxylation is 1. The number of rotatable bonds is 7. The van der Waals surface area contributed by atoms with Gasteiger partial charge in [0.15, 0.2) is 0 Å². The third-order valence-corrected chi connectivity index (χ3v) is 9.56. The fraction of sp³-hybridized carbons (Fsp3) is 0.567. The second-order valence-electron chi connectivity index (χ2n) is 11.3. The summed E-state index contributed by atoms with van der Waals surface area (Å²) < 4.78 is 5.94. The number of para-hydroxylation sites is 1. The molecule has 0 bridgehead atoms. The minimum Gasteiger partial charge on any atom is -0.378 e. The molecule has 0 unspecified atom stereocenters. The lowest BCUT2D eigenvalue weighted by molar-refractivity contribution is -0.0844. The van der Waals surface area contributed by atoms with Crippen molar-refractivity contribution in [2.45, 2.75) is 75.0 Å². The molecule has 5 rings (SSSR count). The van der Waals surface area contributed by atoms with E-state index in [0.29, 0.717) is 0 Å². The van der Waals surface area contributed by atoms with Gasteiger partial charge in [0.1, 0.15) is 0 Å². The number of benzene rings is 2. The van der Waals surface area contributed by atoms with E-state index in [9.17, 15) is 4.79 Å². The minimum atomic E-state index is -0.133. The molecule has 2 aliphatic carbocycles. The lowest BCUT2D eigenvalue weighted by atomic mass is 9.68. The molecule has 0 atom stereocenters. The Balaban J connectivity index is 1.45. The number of urea groups is 1. The van der Waals surface area contributed by atoms with Gasteiger partial charge in [-0.25, -0.2) is 4.79 Å². The first-order valence-corrected chi connectivity index (χ1v) is 13.3. The molecule has 0 aromatic heterocycles. The number of methoxy groups -OCH3 is 1. The fourth-order valence-electron chi connectivity index (χ4n) is 6.93. The summed E-state index contributed by atoms with van der Waals surface area (Å²) in [5.41, 5.74) is 3.44. The summed E-state index contributed by atoms with van der Waals surface area (Å²) in [6.45, 7) is 3.66. The van der Waals surface area contributed by atoms with Crippen LogP contribution < -0.4 is 4.90 Å². The van der Waals surface area contributed by atoms with Gasteiger partial charge in [0.05, 0.1) is 17.7 Å². The van der Waals surface area contributed by atoms with E-state index in [4.69, 9.17) is 4.74 Å². The van der Waals surface area contributed by atoms with E-state index in [0.717, 1.165) is 69.3 Å². The summed E-state index contributed by atoms with van der Waals surface area (Å²) in [6, 6.07) is 19.4. The molecule has 0 radical (unpaired) electrons. The van der Waals surface area contributed by atoms with Gasteiger partial charge in [-0.15, -0.1) is 0 Å². The molecular weight excluding hydrogens is 434 g/mol. The number of amides is 2. The van der Waals surface area contributed by atoms with E-state index in [-0.39, 0.29) is 22.7 Å². The van der Waals surface area contributed by atoms with Crippen LogP contribution in [0.15, 0.2) is 54.6 Å². The Hall–Kier alpha value is -2.37. The predicted molar refractivity (Wildman–Crippen MR) is 142 cm³/mol. The molecule has 0 N–H and O–H groups in total. The average Bonchev–Trinajstić information content (AvgIpc) is 3.11. The molecule has 35 heavy (non-hydrogen) atoms. The van der Waals surface area contributed by atoms with Crippen molar-refractivity contribution in [3.05, 3.63) is 65.7 Å². The van der Waals surface area contributed by atoms with Crippen LogP contribution in [0.1, 0.15) is 62.5 Å². The van der Waals surface area contributed by atoms with Crippen molar-refractivity contribution in [1.82, 2.24) is 9.80 Å². The second kappa shape index (κ2) is 9.25. The van der Waals surface area contributed by atoms with Crippen molar-refractivity contribution < 1.29 is 9.53 Å². The number of carbonyl (C=O) groups excluding carboxylic acids is 1. The number of nitrogens with zero attached hydrogens (tertiary/aromatic N) is 3. The Morgan fingerprint density at radius 3 is 2.14 bits per heavy atom. The number of ether oxygens (including phenoxy) is 1. The van der Waals surface area contributed by atoms with Crippen molar-refractivity contribution in [2.24, 2.45) is 0 Å². The molecule has 2 aromatic rings. The smallest absolute Gasteiger partial charge is 0.325 e. The number of carbonyl (C=O) groups is 1. The molecule has 2 saturated carbocycles. The third kappa shape index (κ3) is 4.07. The SMILES string of the molecule is COC1(CCN2C(=O)N(c3ccccc3C)CC23CCC(c2ccccc2)(N(C)C)CC3)CCC1. The van der Waals surface area contributed by atoms with Crippen LogP contribution in [0.4, 0.5) is 10.5 Å². The van der Waals surface area contributed by atoms with Crippen LogP contribution in [0, 0.1) is 6.92 Å². The normalized spacial score (nSPS) is 28.1. The second-order valence-corrected chi connectivity index (χ2v) is 11.3. The Kier molecular flexibility index (Phi) is 6.43. The van der Waals surface area contributed by atoms with Gasteiger partial charge in [-0.1, -0.05) is 48.5 Å². The molecule has 2 amide bonds. The van der Waals surface area contributed by atoms with Crippen LogP contribution in [0.2, 0.25) is 0 Å². The molecule has 1 saturated heterocycles. The van der Waals surface area contributed by atoms with Crippen LogP contribution in [-0.4, -0.2) is 61.3 Å². The standard InChI is InChI=1S/C30H41N3O2/c1-24-11-8-9-14-26(24)32-23-28(33(27(32)34)22-21-29(35-4)15-10-16-29)17-19-30(20-18-28,31(2)3)25-12-6-5-7-13-25/h5-9,11-14H,10,15-23H2,1-4H3. The number of anilines is 1. The molecule has 3 aliphatic rings. The highest BCUT2D eigenvalue weighted by Crippen LogP contribution is 2.50. The highest BCUT2D eigenvalue weighted by Gasteiger charge is 2.55. The van der Waals surface area contributed by atoms with Crippen LogP contribution >= 0.6 is 0 Å². The lowest BCUT2D eigenvalue weighted by Gasteiger charge is -2.51. The lowest BCUT2D eigenvalue weighted by Crippen LogP contribution is -2.56. The van der Waals surface area contributed by atoms with E-state index in [1.807, 2.05) is 13.2 Å². The first-order valence-electron chi connectivity index (χ1n) is 13.3. The monoisotopic (exact) mass is 475 g/mol. The van der Waals surface area contributed by atoms with E-state index in [2.05, 4.69) is 84.2 Å². The maximum Gasteiger partial charge on any atom is 0.325 e. The molecule has 1 aliphatic heterocycles. The van der Waals surface area contributed by atoms with Gasteiger partial charge in [0.2, 0.25) is 0 Å². The summed E-state index contributed by atoms with van der Waals surface area (Å²) in [4.78, 5) is 20.7. The van der Waals surface area contributed by atoms with E-state index in [1.165, 1.54) is 12.0 Å². The molecule has 3 fully saturated rings. The van der Waals surface area contributed by atoms with Crippen molar-refractivity contribution in [3.8, 4) is 0 Å². The predicted octanol–water partition coefficient (Wildman–Crippen LogP) is 5.97. The molecule has 2 aromatic carbocycles. The Morgan fingerprint density at radius 1 is 0.914 bits per heavy atom. The molecule has 5 heteroatoms. The van der Waals surface area contributed by atoms with Gasteiger partial charge in [-0.05, 0) is 89.6 Å². The molecule has 188 valence electrons. The van der Waals surface area contributed by atoms with E-state index >= 15 is 0 Å². The maximum absolute atomic E-state index is 14.0. The van der Waals surface area contributed by atoms with Crippen molar-refractivity contribution >= 4 is 11.7 Å². The largest absolute Gasteiger partial charge is 0.378 e. The summed E-state index contributed by atoms with van der Waals surface area (Å²) in [6.07, 6.45) is 8.48. The molecule has 1 heterocycles. The van der Waals surface area contributed by atoms with Gasteiger partial charge in [0, 0.05) is 24.9 Å². The number of hydrogen-bond acceptors (Lipinski definition) is 3. The highest BCUT2D eigenvalue weighted by molar-refractivity contribution is 5.96. The third-order valence-electron chi connectivity index (χ3n) is 9.56. The summed E-state index contributed by atoms with van der Waals surface area (Å²) in [7, 11) is 6.26. The van der Waals surface area contributed by atoms with Crippen molar-refractivity contribution in [2.75, 3.05) is 39.2 Å². The van der Waals surface area contributed by atoms with Crippen molar-refractivity contribution in [3.63, 3.8) is 0 Å². The average molecular weight is 476 g/mol. The molecule has 5 nitrogen and oxygen atoms in total. The summed E-state index contributed by atoms with van der Waals surface area (Å²) >= 11 is 0. The zero-order chi connectivity index (χ0) is 24.7. The molecule has 1 spiro atoms. The zero-order valence-corrected chi connectivity index (χ0v) is 21.9. The van der Waals surface area contributed by atoms with Crippen LogP contribution in [0.5, 0.6) is 0 Å². The Labute approximate surface area is 211 Å². The zero-order valence-electron chi connectivity index (χ0n) is 21.9. The first-order chi connectivity index (χ1) is 16.8. The van der Waals surface area contributed by atoms with Gasteiger partial charge in [0.25, 0.3) is 0 Å². The Bertz CT molecular complexity index is 1030. The first kappa shape index (κ1) is 24.3. The van der Waals surface area contributed by atoms with Gasteiger partial charge >= 0.3 is 6.03 Å². The van der Waals surface area contributed by atoms with Crippen LogP contribution in [-0.2, 0) is 10.3 Å². The summed E-state index contributed by atoms with van der Waals surface area (Å²) in [5.74, 6) is 0. The summed E-state index contributed by atoms with van der Waals surface area (Å²) in [5, 5.41) is 0. The minimum absolute atomic E-state index is 0.0129. The highest BCUT2D eigenvalue weighted by atomic mass is 16.5. The van der Waals surface area contributed by atoms with Crippen molar-refractivity contribution in [1.29, 1.82) is 0 Å². The van der Waals surface area contributed by atoms with E-state index < -0.39 is 0 Å². The van der Waals surface area contributed by atoms with Crippen LogP contribution in [0.25, 0.3) is 0 Å².